The lowest BCUT2D eigenvalue weighted by molar-refractivity contribution is 0.487. The molecule has 2 nitrogen and oxygen atoms in total. The molecule has 0 N–H and O–H groups in total. The molecule has 0 radical (unpaired) electrons. The zero-order valence-electron chi connectivity index (χ0n) is 31.9. The van der Waals surface area contributed by atoms with E-state index in [0.29, 0.717) is 0 Å². The Morgan fingerprint density at radius 2 is 0.932 bits per heavy atom. The van der Waals surface area contributed by atoms with Gasteiger partial charge in [-0.2, -0.15) is 0 Å². The van der Waals surface area contributed by atoms with E-state index in [4.69, 9.17) is 9.15 Å². The summed E-state index contributed by atoms with van der Waals surface area (Å²) in [5, 5.41) is 7.07. The first-order chi connectivity index (χ1) is 29.3. The number of benzene rings is 10. The van der Waals surface area contributed by atoms with Crippen LogP contribution in [-0.2, 0) is 5.41 Å². The highest BCUT2D eigenvalue weighted by atomic mass is 16.5. The highest BCUT2D eigenvalue weighted by molar-refractivity contribution is 6.13. The molecule has 1 aliphatic heterocycles. The summed E-state index contributed by atoms with van der Waals surface area (Å²) in [6, 6.07) is 75.2. The SMILES string of the molecule is c1ccc(C2(c3ccccc3)c3ccc(-c4ccc5c6c(cccc46)-c4ccccc4O5)cc3-c3c2ccc2c(-c4ccc5c(c4)oc4ccccc45)cccc32)cc1. The van der Waals surface area contributed by atoms with Crippen LogP contribution in [0.1, 0.15) is 22.3 Å². The smallest absolute Gasteiger partial charge is 0.136 e. The van der Waals surface area contributed by atoms with Crippen LogP contribution in [0.3, 0.4) is 0 Å². The molecule has 13 rings (SSSR count). The number of para-hydroxylation sites is 2. The Bertz CT molecular complexity index is 3480. The number of ether oxygens (including phenoxy) is 1. The Kier molecular flexibility index (Phi) is 6.68. The molecule has 1 aromatic heterocycles. The first-order valence-electron chi connectivity index (χ1n) is 20.3. The highest BCUT2D eigenvalue weighted by Crippen LogP contribution is 2.59. The Labute approximate surface area is 341 Å². The number of hydrogen-bond donors (Lipinski definition) is 0. The van der Waals surface area contributed by atoms with Gasteiger partial charge in [-0.15, -0.1) is 0 Å². The fourth-order valence-corrected chi connectivity index (χ4v) is 10.5. The van der Waals surface area contributed by atoms with Gasteiger partial charge in [-0.3, -0.25) is 0 Å². The van der Waals surface area contributed by atoms with Crippen LogP contribution in [0, 0.1) is 0 Å². The van der Waals surface area contributed by atoms with Crippen LogP contribution in [0.25, 0.3) is 88.0 Å². The highest BCUT2D eigenvalue weighted by Gasteiger charge is 2.47. The molecular formula is C57H34O2. The van der Waals surface area contributed by atoms with Crippen molar-refractivity contribution in [2.75, 3.05) is 0 Å². The Hall–Kier alpha value is -7.68. The minimum atomic E-state index is -0.527. The molecule has 2 aliphatic rings. The minimum Gasteiger partial charge on any atom is -0.456 e. The molecule has 0 saturated carbocycles. The second kappa shape index (κ2) is 12.2. The van der Waals surface area contributed by atoms with Gasteiger partial charge < -0.3 is 9.15 Å². The van der Waals surface area contributed by atoms with Crippen molar-refractivity contribution >= 4 is 43.5 Å². The van der Waals surface area contributed by atoms with Gasteiger partial charge in [0.05, 0.1) is 5.41 Å². The maximum atomic E-state index is 6.52. The molecule has 11 aromatic rings. The summed E-state index contributed by atoms with van der Waals surface area (Å²) < 4.78 is 12.9. The third-order valence-corrected chi connectivity index (χ3v) is 13.0. The van der Waals surface area contributed by atoms with E-state index >= 15 is 0 Å². The fourth-order valence-electron chi connectivity index (χ4n) is 10.5. The van der Waals surface area contributed by atoms with E-state index < -0.39 is 5.41 Å². The van der Waals surface area contributed by atoms with Gasteiger partial charge in [0, 0.05) is 21.7 Å². The minimum absolute atomic E-state index is 0.527. The van der Waals surface area contributed by atoms with Crippen LogP contribution in [0.2, 0.25) is 0 Å². The lowest BCUT2D eigenvalue weighted by Gasteiger charge is -2.34. The summed E-state index contributed by atoms with van der Waals surface area (Å²) in [6.45, 7) is 0. The first-order valence-corrected chi connectivity index (χ1v) is 20.3. The van der Waals surface area contributed by atoms with E-state index in [9.17, 15) is 0 Å². The van der Waals surface area contributed by atoms with E-state index in [2.05, 4.69) is 188 Å². The number of hydrogen-bond acceptors (Lipinski definition) is 2. The molecule has 0 bridgehead atoms. The van der Waals surface area contributed by atoms with Gasteiger partial charge in [0.1, 0.15) is 22.7 Å². The molecule has 0 fully saturated rings. The van der Waals surface area contributed by atoms with Crippen LogP contribution >= 0.6 is 0 Å². The monoisotopic (exact) mass is 750 g/mol. The molecule has 2 heteroatoms. The van der Waals surface area contributed by atoms with Crippen molar-refractivity contribution in [2.45, 2.75) is 5.41 Å². The van der Waals surface area contributed by atoms with Crippen molar-refractivity contribution in [3.05, 3.63) is 229 Å². The van der Waals surface area contributed by atoms with E-state index in [1.165, 1.54) is 71.8 Å². The van der Waals surface area contributed by atoms with Gasteiger partial charge in [-0.1, -0.05) is 170 Å². The van der Waals surface area contributed by atoms with Gasteiger partial charge in [0.2, 0.25) is 0 Å². The summed E-state index contributed by atoms with van der Waals surface area (Å²) in [7, 11) is 0. The maximum absolute atomic E-state index is 6.52. The van der Waals surface area contributed by atoms with Crippen molar-refractivity contribution in [1.29, 1.82) is 0 Å². The summed E-state index contributed by atoms with van der Waals surface area (Å²) in [4.78, 5) is 0. The zero-order chi connectivity index (χ0) is 38.7. The molecule has 0 unspecified atom stereocenters. The first kappa shape index (κ1) is 32.4. The summed E-state index contributed by atoms with van der Waals surface area (Å²) in [5.41, 5.74) is 15.9. The Morgan fingerprint density at radius 1 is 0.322 bits per heavy atom. The predicted molar refractivity (Wildman–Crippen MR) is 242 cm³/mol. The third-order valence-electron chi connectivity index (χ3n) is 13.0. The zero-order valence-corrected chi connectivity index (χ0v) is 31.9. The number of rotatable bonds is 4. The molecule has 0 saturated heterocycles. The lowest BCUT2D eigenvalue weighted by Crippen LogP contribution is -2.28. The molecule has 0 spiro atoms. The quantitative estimate of drug-likeness (QED) is 0.179. The van der Waals surface area contributed by atoms with Crippen molar-refractivity contribution in [2.24, 2.45) is 0 Å². The molecule has 274 valence electrons. The molecule has 0 amide bonds. The standard InChI is InChI=1S/C57H34O2/c1-3-13-37(14-4-1)57(38-15-5-2-6-16-38)49-30-26-35(40-29-32-53-56-45(40)20-12-22-47(56)43-18-8-10-24-52(43)58-53)33-48(49)55-46-21-11-19-39(41(46)28-31-50(55)57)36-25-27-44-42-17-7-9-23-51(42)59-54(44)34-36/h1-34H. The number of fused-ring (bicyclic) bond motifs is 10. The average molecular weight is 751 g/mol. The second-order valence-electron chi connectivity index (χ2n) is 15.9. The molecule has 1 aliphatic carbocycles. The lowest BCUT2D eigenvalue weighted by atomic mass is 9.67. The summed E-state index contributed by atoms with van der Waals surface area (Å²) in [5.74, 6) is 1.80. The van der Waals surface area contributed by atoms with Crippen LogP contribution < -0.4 is 4.74 Å². The van der Waals surface area contributed by atoms with Crippen molar-refractivity contribution in [1.82, 2.24) is 0 Å². The Balaban J connectivity index is 1.09. The normalized spacial score (nSPS) is 13.4. The van der Waals surface area contributed by atoms with Crippen molar-refractivity contribution in [3.8, 4) is 56.0 Å². The largest absolute Gasteiger partial charge is 0.456 e. The van der Waals surface area contributed by atoms with Crippen LogP contribution in [0.4, 0.5) is 0 Å². The van der Waals surface area contributed by atoms with Crippen LogP contribution in [0.15, 0.2) is 211 Å². The maximum Gasteiger partial charge on any atom is 0.136 e. The van der Waals surface area contributed by atoms with E-state index in [-0.39, 0.29) is 0 Å². The summed E-state index contributed by atoms with van der Waals surface area (Å²) in [6.07, 6.45) is 0. The van der Waals surface area contributed by atoms with E-state index in [1.54, 1.807) is 0 Å². The summed E-state index contributed by atoms with van der Waals surface area (Å²) >= 11 is 0. The predicted octanol–water partition coefficient (Wildman–Crippen LogP) is 15.4. The van der Waals surface area contributed by atoms with Gasteiger partial charge in [-0.25, -0.2) is 0 Å². The van der Waals surface area contributed by atoms with Gasteiger partial charge >= 0.3 is 0 Å². The molecule has 59 heavy (non-hydrogen) atoms. The molecular weight excluding hydrogens is 717 g/mol. The fraction of sp³-hybridized carbons (Fsp3) is 0.0175. The van der Waals surface area contributed by atoms with E-state index in [1.807, 2.05) is 18.2 Å². The van der Waals surface area contributed by atoms with Crippen LogP contribution in [-0.4, -0.2) is 0 Å². The Morgan fingerprint density at radius 3 is 1.78 bits per heavy atom. The molecule has 2 heterocycles. The van der Waals surface area contributed by atoms with Crippen LogP contribution in [0.5, 0.6) is 11.5 Å². The molecule has 0 atom stereocenters. The van der Waals surface area contributed by atoms with Crippen molar-refractivity contribution in [3.63, 3.8) is 0 Å². The van der Waals surface area contributed by atoms with Gasteiger partial charge in [-0.05, 0) is 114 Å². The van der Waals surface area contributed by atoms with Crippen molar-refractivity contribution < 1.29 is 9.15 Å². The van der Waals surface area contributed by atoms with Gasteiger partial charge in [0.15, 0.2) is 0 Å². The van der Waals surface area contributed by atoms with E-state index in [0.717, 1.165) is 50.0 Å². The molecule has 10 aromatic carbocycles. The topological polar surface area (TPSA) is 22.4 Å². The number of furan rings is 1. The average Bonchev–Trinajstić information content (AvgIpc) is 3.83. The third kappa shape index (κ3) is 4.46. The second-order valence-corrected chi connectivity index (χ2v) is 15.9. The van der Waals surface area contributed by atoms with Gasteiger partial charge in [0.25, 0.3) is 0 Å².